The summed E-state index contributed by atoms with van der Waals surface area (Å²) < 4.78 is 0. The Hall–Kier alpha value is -1.42. The molecule has 2 atom stereocenters. The molecule has 0 fully saturated rings. The van der Waals surface area contributed by atoms with Crippen LogP contribution in [0.5, 0.6) is 0 Å². The van der Waals surface area contributed by atoms with E-state index in [0.29, 0.717) is 5.92 Å². The summed E-state index contributed by atoms with van der Waals surface area (Å²) in [6.45, 7) is 4.13. The lowest BCUT2D eigenvalue weighted by Crippen LogP contribution is -2.15. The minimum atomic E-state index is -0.368. The highest BCUT2D eigenvalue weighted by Crippen LogP contribution is 2.26. The average Bonchev–Trinajstić information content (AvgIpc) is 2.30. The Morgan fingerprint density at radius 1 is 1.29 bits per heavy atom. The van der Waals surface area contributed by atoms with Gasteiger partial charge in [-0.2, -0.15) is 0 Å². The fourth-order valence-corrected chi connectivity index (χ4v) is 1.94. The van der Waals surface area contributed by atoms with Crippen molar-refractivity contribution in [2.24, 2.45) is 5.73 Å². The molecule has 0 aliphatic carbocycles. The van der Waals surface area contributed by atoms with E-state index in [1.807, 2.05) is 19.1 Å². The van der Waals surface area contributed by atoms with E-state index in [1.54, 1.807) is 12.1 Å². The summed E-state index contributed by atoms with van der Waals surface area (Å²) >= 11 is 0. The molecule has 1 rings (SSSR count). The number of nitrogens with zero attached hydrogens (tertiary/aromatic N) is 1. The fourth-order valence-electron chi connectivity index (χ4n) is 1.94. The van der Waals surface area contributed by atoms with Gasteiger partial charge in [0.2, 0.25) is 0 Å². The van der Waals surface area contributed by atoms with Crippen LogP contribution in [0.25, 0.3) is 0 Å². The van der Waals surface area contributed by atoms with Crippen molar-refractivity contribution in [2.45, 2.75) is 45.1 Å². The Morgan fingerprint density at radius 3 is 2.29 bits per heavy atom. The minimum Gasteiger partial charge on any atom is -0.328 e. The SMILES string of the molecule is CCC(CCC(C)N)c1ccc([N+](=O)[O-])cc1. The van der Waals surface area contributed by atoms with Gasteiger partial charge in [-0.3, -0.25) is 10.1 Å². The summed E-state index contributed by atoms with van der Waals surface area (Å²) in [4.78, 5) is 10.2. The van der Waals surface area contributed by atoms with Crippen molar-refractivity contribution in [3.05, 3.63) is 39.9 Å². The number of rotatable bonds is 6. The lowest BCUT2D eigenvalue weighted by atomic mass is 9.90. The van der Waals surface area contributed by atoms with Crippen molar-refractivity contribution in [1.29, 1.82) is 0 Å². The summed E-state index contributed by atoms with van der Waals surface area (Å²) in [5, 5.41) is 10.6. The van der Waals surface area contributed by atoms with Gasteiger partial charge in [0.25, 0.3) is 5.69 Å². The molecule has 1 aromatic rings. The second-order valence-electron chi connectivity index (χ2n) is 4.51. The molecule has 0 radical (unpaired) electrons. The quantitative estimate of drug-likeness (QED) is 0.609. The van der Waals surface area contributed by atoms with Crippen molar-refractivity contribution in [3.63, 3.8) is 0 Å². The monoisotopic (exact) mass is 236 g/mol. The average molecular weight is 236 g/mol. The predicted octanol–water partition coefficient (Wildman–Crippen LogP) is 3.22. The van der Waals surface area contributed by atoms with Gasteiger partial charge in [0.1, 0.15) is 0 Å². The van der Waals surface area contributed by atoms with Crippen molar-refractivity contribution < 1.29 is 4.92 Å². The highest BCUT2D eigenvalue weighted by Gasteiger charge is 2.12. The molecule has 0 saturated carbocycles. The first-order valence-electron chi connectivity index (χ1n) is 6.04. The van der Waals surface area contributed by atoms with E-state index in [4.69, 9.17) is 5.73 Å². The number of nitro benzene ring substituents is 1. The molecule has 0 aliphatic heterocycles. The smallest absolute Gasteiger partial charge is 0.269 e. The molecule has 4 heteroatoms. The molecule has 17 heavy (non-hydrogen) atoms. The second-order valence-corrected chi connectivity index (χ2v) is 4.51. The third-order valence-electron chi connectivity index (χ3n) is 3.04. The summed E-state index contributed by atoms with van der Waals surface area (Å²) in [6.07, 6.45) is 3.05. The lowest BCUT2D eigenvalue weighted by molar-refractivity contribution is -0.384. The first-order valence-corrected chi connectivity index (χ1v) is 6.04. The van der Waals surface area contributed by atoms with Crippen LogP contribution in [0.3, 0.4) is 0 Å². The maximum atomic E-state index is 10.6. The highest BCUT2D eigenvalue weighted by molar-refractivity contribution is 5.34. The van der Waals surface area contributed by atoms with E-state index in [2.05, 4.69) is 6.92 Å². The van der Waals surface area contributed by atoms with Gasteiger partial charge in [-0.15, -0.1) is 0 Å². The summed E-state index contributed by atoms with van der Waals surface area (Å²) in [5.74, 6) is 0.446. The van der Waals surface area contributed by atoms with Gasteiger partial charge in [0, 0.05) is 18.2 Å². The van der Waals surface area contributed by atoms with E-state index in [9.17, 15) is 10.1 Å². The van der Waals surface area contributed by atoms with E-state index >= 15 is 0 Å². The number of nitrogens with two attached hydrogens (primary N) is 1. The summed E-state index contributed by atoms with van der Waals surface area (Å²) in [7, 11) is 0. The van der Waals surface area contributed by atoms with Crippen molar-refractivity contribution in [1.82, 2.24) is 0 Å². The molecular formula is C13H20N2O2. The van der Waals surface area contributed by atoms with Gasteiger partial charge in [-0.1, -0.05) is 19.1 Å². The summed E-state index contributed by atoms with van der Waals surface area (Å²) in [5.41, 5.74) is 7.06. The van der Waals surface area contributed by atoms with Gasteiger partial charge in [-0.05, 0) is 37.7 Å². The molecule has 0 heterocycles. The number of nitro groups is 1. The molecule has 0 aromatic heterocycles. The van der Waals surface area contributed by atoms with Crippen molar-refractivity contribution in [3.8, 4) is 0 Å². The molecule has 94 valence electrons. The van der Waals surface area contributed by atoms with E-state index in [-0.39, 0.29) is 16.7 Å². The van der Waals surface area contributed by atoms with Gasteiger partial charge < -0.3 is 5.73 Å². The molecule has 1 aromatic carbocycles. The highest BCUT2D eigenvalue weighted by atomic mass is 16.6. The first kappa shape index (κ1) is 13.6. The Labute approximate surface area is 102 Å². The van der Waals surface area contributed by atoms with Crippen LogP contribution in [-0.2, 0) is 0 Å². The number of hydrogen-bond donors (Lipinski definition) is 1. The van der Waals surface area contributed by atoms with Crippen LogP contribution in [-0.4, -0.2) is 11.0 Å². The molecule has 0 bridgehead atoms. The molecule has 0 amide bonds. The fraction of sp³-hybridized carbons (Fsp3) is 0.538. The Balaban J connectivity index is 2.71. The van der Waals surface area contributed by atoms with E-state index in [1.165, 1.54) is 5.56 Å². The largest absolute Gasteiger partial charge is 0.328 e. The Kier molecular flexibility index (Phi) is 5.10. The molecule has 0 spiro atoms. The second kappa shape index (κ2) is 6.35. The molecule has 2 N–H and O–H groups in total. The molecular weight excluding hydrogens is 216 g/mol. The number of hydrogen-bond acceptors (Lipinski definition) is 3. The van der Waals surface area contributed by atoms with Gasteiger partial charge in [0.15, 0.2) is 0 Å². The molecule has 4 nitrogen and oxygen atoms in total. The topological polar surface area (TPSA) is 69.2 Å². The zero-order valence-electron chi connectivity index (χ0n) is 10.4. The molecule has 2 unspecified atom stereocenters. The predicted molar refractivity (Wildman–Crippen MR) is 69.0 cm³/mol. The van der Waals surface area contributed by atoms with Crippen LogP contribution >= 0.6 is 0 Å². The van der Waals surface area contributed by atoms with E-state index in [0.717, 1.165) is 19.3 Å². The molecule has 0 aliphatic rings. The Morgan fingerprint density at radius 2 is 1.88 bits per heavy atom. The Bertz CT molecular complexity index is 360. The zero-order chi connectivity index (χ0) is 12.8. The third kappa shape index (κ3) is 4.15. The molecule has 0 saturated heterocycles. The van der Waals surface area contributed by atoms with Gasteiger partial charge in [-0.25, -0.2) is 0 Å². The van der Waals surface area contributed by atoms with Crippen molar-refractivity contribution in [2.75, 3.05) is 0 Å². The normalized spacial score (nSPS) is 14.3. The van der Waals surface area contributed by atoms with Crippen LogP contribution < -0.4 is 5.73 Å². The third-order valence-corrected chi connectivity index (χ3v) is 3.04. The number of benzene rings is 1. The maximum Gasteiger partial charge on any atom is 0.269 e. The zero-order valence-corrected chi connectivity index (χ0v) is 10.4. The maximum absolute atomic E-state index is 10.6. The first-order chi connectivity index (χ1) is 8.04. The van der Waals surface area contributed by atoms with Crippen LogP contribution in [0.2, 0.25) is 0 Å². The van der Waals surface area contributed by atoms with Crippen LogP contribution in [0.15, 0.2) is 24.3 Å². The van der Waals surface area contributed by atoms with Crippen LogP contribution in [0, 0.1) is 10.1 Å². The van der Waals surface area contributed by atoms with Crippen molar-refractivity contribution >= 4 is 5.69 Å². The van der Waals surface area contributed by atoms with E-state index < -0.39 is 0 Å². The van der Waals surface area contributed by atoms with Gasteiger partial charge >= 0.3 is 0 Å². The number of non-ortho nitro benzene ring substituents is 1. The van der Waals surface area contributed by atoms with Crippen LogP contribution in [0.4, 0.5) is 5.69 Å². The van der Waals surface area contributed by atoms with Gasteiger partial charge in [0.05, 0.1) is 4.92 Å². The standard InChI is InChI=1S/C13H20N2O2/c1-3-11(5-4-10(2)14)12-6-8-13(9-7-12)15(16)17/h6-11H,3-5,14H2,1-2H3. The summed E-state index contributed by atoms with van der Waals surface area (Å²) in [6, 6.07) is 7.07. The lowest BCUT2D eigenvalue weighted by Gasteiger charge is -2.16. The van der Waals surface area contributed by atoms with Crippen LogP contribution in [0.1, 0.15) is 44.6 Å². The minimum absolute atomic E-state index is 0.149.